The molecule has 0 rings (SSSR count). The standard InChI is InChI=1S/C8H16/c1-6-8(4,5)7(2)3/h6-7H,1H2,2-5H3/i6T. The molecule has 0 saturated carbocycles. The van der Waals surface area contributed by atoms with Crippen LogP contribution < -0.4 is 0 Å². The summed E-state index contributed by atoms with van der Waals surface area (Å²) in [6.45, 7) is 11.9. The van der Waals surface area contributed by atoms with Crippen molar-refractivity contribution in [3.63, 3.8) is 0 Å². The fourth-order valence-corrected chi connectivity index (χ4v) is 0.204. The van der Waals surface area contributed by atoms with E-state index in [1.807, 2.05) is 13.8 Å². The molecule has 0 spiro atoms. The van der Waals surface area contributed by atoms with Crippen LogP contribution in [0.25, 0.3) is 0 Å². The molecular formula is C8H16. The van der Waals surface area contributed by atoms with Crippen LogP contribution in [0.4, 0.5) is 0 Å². The van der Waals surface area contributed by atoms with Crippen LogP contribution in [0.15, 0.2) is 12.6 Å². The fraction of sp³-hybridized carbons (Fsp3) is 0.750. The molecule has 0 atom stereocenters. The first-order chi connectivity index (χ1) is 3.89. The van der Waals surface area contributed by atoms with Gasteiger partial charge in [0.15, 0.2) is 0 Å². The lowest BCUT2D eigenvalue weighted by Gasteiger charge is -2.24. The van der Waals surface area contributed by atoms with Crippen molar-refractivity contribution in [1.82, 2.24) is 0 Å². The van der Waals surface area contributed by atoms with E-state index < -0.39 is 0 Å². The van der Waals surface area contributed by atoms with Crippen molar-refractivity contribution in [2.24, 2.45) is 11.3 Å². The van der Waals surface area contributed by atoms with Gasteiger partial charge in [0, 0.05) is 0 Å². The predicted octanol–water partition coefficient (Wildman–Crippen LogP) is 2.85. The molecular weight excluding hydrogens is 96.1 g/mol. The van der Waals surface area contributed by atoms with Gasteiger partial charge < -0.3 is 0 Å². The highest BCUT2D eigenvalue weighted by molar-refractivity contribution is 4.89. The molecule has 0 radical (unpaired) electrons. The monoisotopic (exact) mass is 114 g/mol. The SMILES string of the molecule is [3H]C(=C)C(C)(C)C(C)C. The fourth-order valence-electron chi connectivity index (χ4n) is 0.204. The Morgan fingerprint density at radius 3 is 2.00 bits per heavy atom. The van der Waals surface area contributed by atoms with Crippen LogP contribution in [0.2, 0.25) is 0 Å². The summed E-state index contributed by atoms with van der Waals surface area (Å²) in [5.41, 5.74) is -0.0278. The van der Waals surface area contributed by atoms with E-state index in [2.05, 4.69) is 20.4 Å². The summed E-state index contributed by atoms with van der Waals surface area (Å²) >= 11 is 0. The van der Waals surface area contributed by atoms with Crippen molar-refractivity contribution in [3.8, 4) is 0 Å². The van der Waals surface area contributed by atoms with E-state index in [1.165, 1.54) is 0 Å². The normalized spacial score (nSPS) is 13.9. The van der Waals surface area contributed by atoms with Crippen molar-refractivity contribution in [3.05, 3.63) is 12.6 Å². The van der Waals surface area contributed by atoms with Crippen LogP contribution in [-0.4, -0.2) is 0 Å². The van der Waals surface area contributed by atoms with Crippen LogP contribution in [0.3, 0.4) is 0 Å². The Labute approximate surface area is 54.0 Å². The summed E-state index contributed by atoms with van der Waals surface area (Å²) in [6.07, 6.45) is 0. The lowest BCUT2D eigenvalue weighted by atomic mass is 9.82. The van der Waals surface area contributed by atoms with Crippen molar-refractivity contribution in [2.75, 3.05) is 0 Å². The first-order valence-corrected chi connectivity index (χ1v) is 3.05. The molecule has 0 nitrogen and oxygen atoms in total. The van der Waals surface area contributed by atoms with Gasteiger partial charge in [0.05, 0.1) is 1.37 Å². The highest BCUT2D eigenvalue weighted by atomic mass is 14.2. The van der Waals surface area contributed by atoms with Crippen LogP contribution in [0, 0.1) is 11.3 Å². The van der Waals surface area contributed by atoms with Crippen LogP contribution >= 0.6 is 0 Å². The summed E-state index contributed by atoms with van der Waals surface area (Å²) in [7, 11) is 0. The molecule has 0 aromatic heterocycles. The second-order valence-corrected chi connectivity index (χ2v) is 3.05. The Balaban J connectivity index is 4.19. The number of allylic oxidation sites excluding steroid dienone is 1. The van der Waals surface area contributed by atoms with Gasteiger partial charge in [0.1, 0.15) is 0 Å². The molecule has 0 amide bonds. The molecule has 0 heteroatoms. The Morgan fingerprint density at radius 1 is 1.62 bits per heavy atom. The minimum atomic E-state index is -0.0278. The lowest BCUT2D eigenvalue weighted by molar-refractivity contribution is 0.334. The zero-order valence-electron chi connectivity index (χ0n) is 7.28. The molecule has 0 aliphatic rings. The van der Waals surface area contributed by atoms with Crippen molar-refractivity contribution >= 4 is 0 Å². The topological polar surface area (TPSA) is 0 Å². The second-order valence-electron chi connectivity index (χ2n) is 3.05. The van der Waals surface area contributed by atoms with Gasteiger partial charge in [-0.3, -0.25) is 0 Å². The Kier molecular flexibility index (Phi) is 1.72. The average molecular weight is 114 g/mol. The average Bonchev–Trinajstić information content (AvgIpc) is 1.65. The van der Waals surface area contributed by atoms with E-state index in [-0.39, 0.29) is 5.41 Å². The van der Waals surface area contributed by atoms with E-state index in [0.29, 0.717) is 12.0 Å². The van der Waals surface area contributed by atoms with Crippen LogP contribution in [0.5, 0.6) is 0 Å². The zero-order valence-corrected chi connectivity index (χ0v) is 6.28. The van der Waals surface area contributed by atoms with Crippen LogP contribution in [0.1, 0.15) is 29.1 Å². The Hall–Kier alpha value is -0.260. The van der Waals surface area contributed by atoms with E-state index in [4.69, 9.17) is 1.37 Å². The molecule has 0 fully saturated rings. The maximum absolute atomic E-state index is 7.32. The molecule has 0 bridgehead atoms. The summed E-state index contributed by atoms with van der Waals surface area (Å²) in [5.74, 6) is 0.502. The predicted molar refractivity (Wildman–Crippen MR) is 38.8 cm³/mol. The summed E-state index contributed by atoms with van der Waals surface area (Å²) < 4.78 is 7.32. The third kappa shape index (κ3) is 1.69. The first-order valence-electron chi connectivity index (χ1n) is 3.55. The van der Waals surface area contributed by atoms with Gasteiger partial charge in [0.2, 0.25) is 0 Å². The quantitative estimate of drug-likeness (QED) is 0.484. The van der Waals surface area contributed by atoms with Crippen molar-refractivity contribution in [1.29, 1.82) is 0 Å². The number of hydrogen-bond acceptors (Lipinski definition) is 0. The minimum Gasteiger partial charge on any atom is -0.103 e. The number of hydrogen-bond donors (Lipinski definition) is 0. The van der Waals surface area contributed by atoms with Gasteiger partial charge in [-0.25, -0.2) is 0 Å². The third-order valence-electron chi connectivity index (χ3n) is 1.90. The zero-order chi connectivity index (χ0) is 7.65. The second kappa shape index (κ2) is 2.34. The van der Waals surface area contributed by atoms with Gasteiger partial charge in [0.25, 0.3) is 0 Å². The van der Waals surface area contributed by atoms with E-state index in [1.54, 1.807) is 0 Å². The van der Waals surface area contributed by atoms with Gasteiger partial charge in [-0.15, -0.1) is 6.58 Å². The molecule has 0 aliphatic heterocycles. The highest BCUT2D eigenvalue weighted by Crippen LogP contribution is 2.26. The van der Waals surface area contributed by atoms with Gasteiger partial charge >= 0.3 is 0 Å². The molecule has 8 heavy (non-hydrogen) atoms. The maximum atomic E-state index is 7.32. The minimum absolute atomic E-state index is 0.0278. The Bertz CT molecular complexity index is 112. The first kappa shape index (κ1) is 5.87. The smallest absolute Gasteiger partial charge is 0.0575 e. The maximum Gasteiger partial charge on any atom is 0.0575 e. The molecule has 0 aromatic carbocycles. The molecule has 0 aliphatic carbocycles. The van der Waals surface area contributed by atoms with Gasteiger partial charge in [-0.1, -0.05) is 33.7 Å². The van der Waals surface area contributed by atoms with Gasteiger partial charge in [-0.05, 0) is 11.3 Å². The third-order valence-corrected chi connectivity index (χ3v) is 1.90. The van der Waals surface area contributed by atoms with Crippen LogP contribution in [-0.2, 0) is 0 Å². The van der Waals surface area contributed by atoms with Crippen molar-refractivity contribution < 1.29 is 1.37 Å². The molecule has 0 saturated heterocycles. The van der Waals surface area contributed by atoms with E-state index >= 15 is 0 Å². The highest BCUT2D eigenvalue weighted by Gasteiger charge is 2.16. The lowest BCUT2D eigenvalue weighted by Crippen LogP contribution is -2.14. The van der Waals surface area contributed by atoms with Crippen molar-refractivity contribution in [2.45, 2.75) is 27.7 Å². The van der Waals surface area contributed by atoms with E-state index in [0.717, 1.165) is 0 Å². The Morgan fingerprint density at radius 2 is 2.00 bits per heavy atom. The molecule has 0 aromatic rings. The molecule has 0 N–H and O–H groups in total. The molecule has 0 heterocycles. The summed E-state index contributed by atoms with van der Waals surface area (Å²) in [4.78, 5) is 0. The number of rotatable bonds is 2. The summed E-state index contributed by atoms with van der Waals surface area (Å²) in [6, 6.07) is 0.525. The molecule has 48 valence electrons. The van der Waals surface area contributed by atoms with E-state index in [9.17, 15) is 0 Å². The molecule has 0 unspecified atom stereocenters. The van der Waals surface area contributed by atoms with Gasteiger partial charge in [-0.2, -0.15) is 0 Å². The summed E-state index contributed by atoms with van der Waals surface area (Å²) in [5, 5.41) is 0. The largest absolute Gasteiger partial charge is 0.103 e.